The molecule has 0 amide bonds. The topological polar surface area (TPSA) is 60.2 Å². The molecule has 3 N–H and O–H groups in total. The van der Waals surface area contributed by atoms with Gasteiger partial charge in [0.2, 0.25) is 0 Å². The number of nitrogens with two attached hydrogens (primary N) is 1. The molecule has 0 aliphatic heterocycles. The molecule has 21 heavy (non-hydrogen) atoms. The fourth-order valence-corrected chi connectivity index (χ4v) is 3.47. The van der Waals surface area contributed by atoms with Gasteiger partial charge in [0, 0.05) is 18.8 Å². The van der Waals surface area contributed by atoms with Crippen molar-refractivity contribution < 1.29 is 4.74 Å². The number of aromatic nitrogens is 1. The smallest absolute Gasteiger partial charge is 0.123 e. The summed E-state index contributed by atoms with van der Waals surface area (Å²) >= 11 is 0. The van der Waals surface area contributed by atoms with Gasteiger partial charge in [-0.05, 0) is 56.8 Å². The molecule has 118 valence electrons. The van der Waals surface area contributed by atoms with E-state index < -0.39 is 0 Å². The Hall–Kier alpha value is -1.13. The van der Waals surface area contributed by atoms with Crippen LogP contribution < -0.4 is 11.1 Å². The van der Waals surface area contributed by atoms with E-state index in [9.17, 15) is 0 Å². The van der Waals surface area contributed by atoms with E-state index in [1.54, 1.807) is 6.20 Å². The zero-order valence-corrected chi connectivity index (χ0v) is 13.4. The van der Waals surface area contributed by atoms with Crippen LogP contribution in [0.25, 0.3) is 0 Å². The Balaban J connectivity index is 2.16. The molecule has 1 aliphatic rings. The summed E-state index contributed by atoms with van der Waals surface area (Å²) in [6.07, 6.45) is 8.73. The van der Waals surface area contributed by atoms with Gasteiger partial charge in [0.05, 0.1) is 5.60 Å². The van der Waals surface area contributed by atoms with Crippen molar-refractivity contribution in [3.05, 3.63) is 23.9 Å². The second kappa shape index (κ2) is 7.76. The maximum absolute atomic E-state index is 6.24. The van der Waals surface area contributed by atoms with Crippen LogP contribution in [0.15, 0.2) is 18.3 Å². The molecular formula is C17H29N3O. The average molecular weight is 291 g/mol. The molecule has 1 aliphatic carbocycles. The quantitative estimate of drug-likeness (QED) is 0.773. The van der Waals surface area contributed by atoms with Crippen LogP contribution in [0.4, 0.5) is 5.82 Å². The summed E-state index contributed by atoms with van der Waals surface area (Å²) in [4.78, 5) is 4.09. The van der Waals surface area contributed by atoms with Gasteiger partial charge in [0.25, 0.3) is 0 Å². The van der Waals surface area contributed by atoms with Crippen LogP contribution in [0.5, 0.6) is 0 Å². The standard InChI is InChI=1S/C17H29N3O/c1-3-10-19-15(12-14-7-11-20-16(18)13-14)17(21-4-2)8-5-6-9-17/h7,11,13,15,19H,3-6,8-10,12H2,1-2H3,(H2,18,20). The molecule has 1 saturated carbocycles. The van der Waals surface area contributed by atoms with Crippen molar-refractivity contribution in [2.24, 2.45) is 0 Å². The highest BCUT2D eigenvalue weighted by Gasteiger charge is 2.41. The summed E-state index contributed by atoms with van der Waals surface area (Å²) < 4.78 is 6.24. The number of rotatable bonds is 8. The lowest BCUT2D eigenvalue weighted by atomic mass is 9.87. The minimum atomic E-state index is -0.0120. The Labute approximate surface area is 128 Å². The lowest BCUT2D eigenvalue weighted by molar-refractivity contribution is -0.0612. The van der Waals surface area contributed by atoms with Crippen molar-refractivity contribution >= 4 is 5.82 Å². The van der Waals surface area contributed by atoms with Gasteiger partial charge in [-0.1, -0.05) is 19.8 Å². The van der Waals surface area contributed by atoms with E-state index in [1.165, 1.54) is 18.4 Å². The largest absolute Gasteiger partial charge is 0.384 e. The van der Waals surface area contributed by atoms with E-state index in [-0.39, 0.29) is 5.60 Å². The van der Waals surface area contributed by atoms with Crippen LogP contribution in [0, 0.1) is 0 Å². The summed E-state index contributed by atoms with van der Waals surface area (Å²) in [7, 11) is 0. The minimum Gasteiger partial charge on any atom is -0.384 e. The second-order valence-corrected chi connectivity index (χ2v) is 6.00. The molecule has 0 aromatic carbocycles. The molecule has 2 rings (SSSR count). The van der Waals surface area contributed by atoms with Crippen LogP contribution in [0.2, 0.25) is 0 Å². The normalized spacial score (nSPS) is 18.8. The number of nitrogens with one attached hydrogen (secondary N) is 1. The SMILES string of the molecule is CCCNC(Cc1ccnc(N)c1)C1(OCC)CCCC1. The van der Waals surface area contributed by atoms with E-state index in [2.05, 4.69) is 30.2 Å². The zero-order chi connectivity index (χ0) is 15.1. The van der Waals surface area contributed by atoms with Gasteiger partial charge in [-0.2, -0.15) is 0 Å². The molecule has 1 fully saturated rings. The Morgan fingerprint density at radius 1 is 1.38 bits per heavy atom. The third kappa shape index (κ3) is 4.17. The van der Waals surface area contributed by atoms with E-state index in [0.717, 1.165) is 38.8 Å². The van der Waals surface area contributed by atoms with E-state index in [4.69, 9.17) is 10.5 Å². The van der Waals surface area contributed by atoms with Crippen molar-refractivity contribution in [1.82, 2.24) is 10.3 Å². The molecule has 1 aromatic heterocycles. The Bertz CT molecular complexity index is 430. The molecule has 0 saturated heterocycles. The molecule has 1 aromatic rings. The summed E-state index contributed by atoms with van der Waals surface area (Å²) in [6, 6.07) is 4.39. The fraction of sp³-hybridized carbons (Fsp3) is 0.706. The fourth-order valence-electron chi connectivity index (χ4n) is 3.47. The van der Waals surface area contributed by atoms with Gasteiger partial charge < -0.3 is 15.8 Å². The molecule has 1 atom stereocenters. The molecule has 0 spiro atoms. The predicted octanol–water partition coefficient (Wildman–Crippen LogP) is 2.92. The lowest BCUT2D eigenvalue weighted by Gasteiger charge is -2.38. The molecular weight excluding hydrogens is 262 g/mol. The van der Waals surface area contributed by atoms with Gasteiger partial charge >= 0.3 is 0 Å². The molecule has 4 nitrogen and oxygen atoms in total. The highest BCUT2D eigenvalue weighted by molar-refractivity contribution is 5.32. The number of pyridine rings is 1. The average Bonchev–Trinajstić information content (AvgIpc) is 2.93. The van der Waals surface area contributed by atoms with Gasteiger partial charge in [-0.3, -0.25) is 0 Å². The van der Waals surface area contributed by atoms with Crippen molar-refractivity contribution in [1.29, 1.82) is 0 Å². The van der Waals surface area contributed by atoms with Gasteiger partial charge in [-0.25, -0.2) is 4.98 Å². The third-order valence-corrected chi connectivity index (χ3v) is 4.44. The first kappa shape index (κ1) is 16.2. The minimum absolute atomic E-state index is 0.0120. The molecule has 1 unspecified atom stereocenters. The maximum Gasteiger partial charge on any atom is 0.123 e. The first-order valence-corrected chi connectivity index (χ1v) is 8.28. The summed E-state index contributed by atoms with van der Waals surface area (Å²) in [5, 5.41) is 3.72. The van der Waals surface area contributed by atoms with Gasteiger partial charge in [-0.15, -0.1) is 0 Å². The molecule has 0 radical (unpaired) electrons. The van der Waals surface area contributed by atoms with Gasteiger partial charge in [0.1, 0.15) is 5.82 Å². The predicted molar refractivity (Wildman–Crippen MR) is 87.3 cm³/mol. The van der Waals surface area contributed by atoms with Crippen LogP contribution in [0.3, 0.4) is 0 Å². The van der Waals surface area contributed by atoms with Crippen molar-refractivity contribution in [2.75, 3.05) is 18.9 Å². The van der Waals surface area contributed by atoms with Crippen LogP contribution >= 0.6 is 0 Å². The first-order chi connectivity index (χ1) is 10.2. The zero-order valence-electron chi connectivity index (χ0n) is 13.4. The lowest BCUT2D eigenvalue weighted by Crippen LogP contribution is -2.52. The van der Waals surface area contributed by atoms with Crippen molar-refractivity contribution in [3.8, 4) is 0 Å². The summed E-state index contributed by atoms with van der Waals surface area (Å²) in [5.41, 5.74) is 7.04. The maximum atomic E-state index is 6.24. The number of hydrogen-bond acceptors (Lipinski definition) is 4. The molecule has 0 bridgehead atoms. The monoisotopic (exact) mass is 291 g/mol. The highest BCUT2D eigenvalue weighted by atomic mass is 16.5. The Kier molecular flexibility index (Phi) is 6.00. The number of ether oxygens (including phenoxy) is 1. The number of nitrogen functional groups attached to an aromatic ring is 1. The number of nitrogens with zero attached hydrogens (tertiary/aromatic N) is 1. The third-order valence-electron chi connectivity index (χ3n) is 4.44. The van der Waals surface area contributed by atoms with Gasteiger partial charge in [0.15, 0.2) is 0 Å². The molecule has 4 heteroatoms. The van der Waals surface area contributed by atoms with Crippen molar-refractivity contribution in [3.63, 3.8) is 0 Å². The Morgan fingerprint density at radius 3 is 2.76 bits per heavy atom. The van der Waals surface area contributed by atoms with E-state index in [1.807, 2.05) is 6.07 Å². The Morgan fingerprint density at radius 2 is 2.14 bits per heavy atom. The van der Waals surface area contributed by atoms with E-state index >= 15 is 0 Å². The van der Waals surface area contributed by atoms with Crippen LogP contribution in [-0.2, 0) is 11.2 Å². The first-order valence-electron chi connectivity index (χ1n) is 8.28. The van der Waals surface area contributed by atoms with Crippen LogP contribution in [0.1, 0.15) is 51.5 Å². The van der Waals surface area contributed by atoms with Crippen LogP contribution in [-0.4, -0.2) is 29.8 Å². The summed E-state index contributed by atoms with van der Waals surface area (Å²) in [5.74, 6) is 0.596. The van der Waals surface area contributed by atoms with Crippen molar-refractivity contribution in [2.45, 2.75) is 64.0 Å². The molecule has 1 heterocycles. The van der Waals surface area contributed by atoms with E-state index in [0.29, 0.717) is 11.9 Å². The highest BCUT2D eigenvalue weighted by Crippen LogP contribution is 2.37. The number of anilines is 1. The second-order valence-electron chi connectivity index (χ2n) is 6.00. The summed E-state index contributed by atoms with van der Waals surface area (Å²) in [6.45, 7) is 6.11. The number of hydrogen-bond donors (Lipinski definition) is 2.